The minimum atomic E-state index is -0.0894. The standard InChI is InChI=1S/C11H15ClN2O2/c1-8(15)10-6-9(11(12)16-10)7-14-4-2-13-3-5-14/h6,13H,2-5,7H2,1H3. The van der Waals surface area contributed by atoms with Crippen molar-refractivity contribution in [2.75, 3.05) is 26.2 Å². The first kappa shape index (κ1) is 11.6. The Morgan fingerprint density at radius 1 is 1.56 bits per heavy atom. The fourth-order valence-electron chi connectivity index (χ4n) is 1.80. The average molecular weight is 243 g/mol. The Hall–Kier alpha value is -0.840. The van der Waals surface area contributed by atoms with Crippen molar-refractivity contribution in [2.45, 2.75) is 13.5 Å². The van der Waals surface area contributed by atoms with Gasteiger partial charge in [0.05, 0.1) is 0 Å². The van der Waals surface area contributed by atoms with Crippen molar-refractivity contribution in [3.8, 4) is 0 Å². The molecule has 0 saturated carbocycles. The minimum absolute atomic E-state index is 0.0894. The van der Waals surface area contributed by atoms with Gasteiger partial charge in [0.25, 0.3) is 0 Å². The molecule has 0 aromatic carbocycles. The number of carbonyl (C=O) groups excluding carboxylic acids is 1. The third kappa shape index (κ3) is 2.64. The maximum absolute atomic E-state index is 11.1. The molecule has 5 heteroatoms. The van der Waals surface area contributed by atoms with Gasteiger partial charge >= 0.3 is 0 Å². The number of piperazine rings is 1. The molecule has 1 saturated heterocycles. The van der Waals surface area contributed by atoms with E-state index in [2.05, 4.69) is 10.2 Å². The van der Waals surface area contributed by atoms with Crippen molar-refractivity contribution in [2.24, 2.45) is 0 Å². The molecule has 1 aromatic heterocycles. The van der Waals surface area contributed by atoms with Gasteiger partial charge in [0, 0.05) is 45.2 Å². The van der Waals surface area contributed by atoms with Crippen LogP contribution in [0.3, 0.4) is 0 Å². The lowest BCUT2D eigenvalue weighted by atomic mass is 10.2. The number of nitrogens with one attached hydrogen (secondary N) is 1. The molecule has 0 aliphatic carbocycles. The van der Waals surface area contributed by atoms with Crippen molar-refractivity contribution >= 4 is 17.4 Å². The van der Waals surface area contributed by atoms with Crippen LogP contribution in [0.4, 0.5) is 0 Å². The fourth-order valence-corrected chi connectivity index (χ4v) is 2.00. The second-order valence-electron chi connectivity index (χ2n) is 3.99. The van der Waals surface area contributed by atoms with Crippen LogP contribution in [-0.4, -0.2) is 36.9 Å². The largest absolute Gasteiger partial charge is 0.441 e. The van der Waals surface area contributed by atoms with Crippen molar-refractivity contribution in [1.29, 1.82) is 0 Å². The van der Waals surface area contributed by atoms with Crippen molar-refractivity contribution in [3.63, 3.8) is 0 Å². The van der Waals surface area contributed by atoms with E-state index in [1.165, 1.54) is 6.92 Å². The van der Waals surface area contributed by atoms with E-state index >= 15 is 0 Å². The van der Waals surface area contributed by atoms with E-state index in [0.29, 0.717) is 11.0 Å². The van der Waals surface area contributed by atoms with Gasteiger partial charge in [-0.2, -0.15) is 0 Å². The number of ketones is 1. The highest BCUT2D eigenvalue weighted by Gasteiger charge is 2.16. The Morgan fingerprint density at radius 2 is 2.25 bits per heavy atom. The lowest BCUT2D eigenvalue weighted by Gasteiger charge is -2.26. The number of nitrogens with zero attached hydrogens (tertiary/aromatic N) is 1. The van der Waals surface area contributed by atoms with Crippen molar-refractivity contribution < 1.29 is 9.21 Å². The summed E-state index contributed by atoms with van der Waals surface area (Å²) in [6.45, 7) is 6.21. The number of hydrogen-bond acceptors (Lipinski definition) is 4. The summed E-state index contributed by atoms with van der Waals surface area (Å²) in [5, 5.41) is 3.62. The highest BCUT2D eigenvalue weighted by Crippen LogP contribution is 2.23. The molecule has 0 spiro atoms. The molecule has 0 unspecified atom stereocenters. The fraction of sp³-hybridized carbons (Fsp3) is 0.545. The van der Waals surface area contributed by atoms with Gasteiger partial charge in [0.2, 0.25) is 0 Å². The topological polar surface area (TPSA) is 45.5 Å². The van der Waals surface area contributed by atoms with Crippen LogP contribution >= 0.6 is 11.6 Å². The second kappa shape index (κ2) is 4.99. The molecule has 1 aromatic rings. The van der Waals surface area contributed by atoms with E-state index in [1.807, 2.05) is 0 Å². The molecule has 1 fully saturated rings. The van der Waals surface area contributed by atoms with Gasteiger partial charge in [-0.25, -0.2) is 0 Å². The maximum atomic E-state index is 11.1. The summed E-state index contributed by atoms with van der Waals surface area (Å²) in [6, 6.07) is 1.74. The summed E-state index contributed by atoms with van der Waals surface area (Å²) in [5.41, 5.74) is 0.897. The predicted molar refractivity (Wildman–Crippen MR) is 61.9 cm³/mol. The number of furan rings is 1. The van der Waals surface area contributed by atoms with Crippen LogP contribution in [0.2, 0.25) is 5.22 Å². The monoisotopic (exact) mass is 242 g/mol. The molecule has 0 bridgehead atoms. The molecule has 1 aliphatic rings. The molecule has 0 atom stereocenters. The summed E-state index contributed by atoms with van der Waals surface area (Å²) in [7, 11) is 0. The summed E-state index contributed by atoms with van der Waals surface area (Å²) in [6.07, 6.45) is 0. The zero-order valence-corrected chi connectivity index (χ0v) is 10.0. The normalized spacial score (nSPS) is 17.6. The third-order valence-electron chi connectivity index (χ3n) is 2.71. The van der Waals surface area contributed by atoms with Gasteiger partial charge in [-0.15, -0.1) is 0 Å². The first-order valence-electron chi connectivity index (χ1n) is 5.39. The molecule has 88 valence electrons. The Labute approximate surface area is 99.5 Å². The van der Waals surface area contributed by atoms with Gasteiger partial charge in [-0.3, -0.25) is 9.69 Å². The van der Waals surface area contributed by atoms with Crippen LogP contribution in [0.1, 0.15) is 23.0 Å². The highest BCUT2D eigenvalue weighted by atomic mass is 35.5. The van der Waals surface area contributed by atoms with Crippen LogP contribution in [0.5, 0.6) is 0 Å². The third-order valence-corrected chi connectivity index (χ3v) is 3.03. The summed E-state index contributed by atoms with van der Waals surface area (Å²) in [5.74, 6) is 0.253. The summed E-state index contributed by atoms with van der Waals surface area (Å²) >= 11 is 5.95. The average Bonchev–Trinajstić information content (AvgIpc) is 2.62. The molecule has 0 amide bonds. The Kier molecular flexibility index (Phi) is 3.63. The van der Waals surface area contributed by atoms with E-state index in [9.17, 15) is 4.79 Å². The first-order valence-corrected chi connectivity index (χ1v) is 5.77. The molecular formula is C11H15ClN2O2. The Morgan fingerprint density at radius 3 is 2.81 bits per heavy atom. The highest BCUT2D eigenvalue weighted by molar-refractivity contribution is 6.29. The van der Waals surface area contributed by atoms with E-state index in [4.69, 9.17) is 16.0 Å². The zero-order valence-electron chi connectivity index (χ0n) is 9.25. The molecular weight excluding hydrogens is 228 g/mol. The van der Waals surface area contributed by atoms with Gasteiger partial charge in [-0.1, -0.05) is 0 Å². The van der Waals surface area contributed by atoms with Crippen LogP contribution in [-0.2, 0) is 6.54 Å². The number of hydrogen-bond donors (Lipinski definition) is 1. The van der Waals surface area contributed by atoms with Crippen LogP contribution in [0.25, 0.3) is 0 Å². The van der Waals surface area contributed by atoms with E-state index in [1.54, 1.807) is 6.07 Å². The molecule has 4 nitrogen and oxygen atoms in total. The van der Waals surface area contributed by atoms with Crippen LogP contribution < -0.4 is 5.32 Å². The molecule has 16 heavy (non-hydrogen) atoms. The molecule has 0 radical (unpaired) electrons. The molecule has 2 rings (SSSR count). The first-order chi connectivity index (χ1) is 7.66. The number of rotatable bonds is 3. The van der Waals surface area contributed by atoms with E-state index in [0.717, 1.165) is 38.3 Å². The second-order valence-corrected chi connectivity index (χ2v) is 4.34. The SMILES string of the molecule is CC(=O)c1cc(CN2CCNCC2)c(Cl)o1. The summed E-state index contributed by atoms with van der Waals surface area (Å²) < 4.78 is 5.19. The van der Waals surface area contributed by atoms with Gasteiger partial charge in [-0.05, 0) is 17.7 Å². The van der Waals surface area contributed by atoms with Crippen LogP contribution in [0.15, 0.2) is 10.5 Å². The van der Waals surface area contributed by atoms with Gasteiger partial charge in [0.15, 0.2) is 16.8 Å². The number of halogens is 1. The van der Waals surface area contributed by atoms with E-state index < -0.39 is 0 Å². The predicted octanol–water partition coefficient (Wildman–Crippen LogP) is 1.54. The number of Topliss-reactive ketones (excluding diaryl/α,β-unsaturated/α-hetero) is 1. The van der Waals surface area contributed by atoms with Crippen molar-refractivity contribution in [1.82, 2.24) is 10.2 Å². The molecule has 2 heterocycles. The van der Waals surface area contributed by atoms with E-state index in [-0.39, 0.29) is 5.78 Å². The quantitative estimate of drug-likeness (QED) is 0.817. The molecule has 1 aliphatic heterocycles. The van der Waals surface area contributed by atoms with Crippen molar-refractivity contribution in [3.05, 3.63) is 22.6 Å². The summed E-state index contributed by atoms with van der Waals surface area (Å²) in [4.78, 5) is 13.4. The van der Waals surface area contributed by atoms with Gasteiger partial charge < -0.3 is 9.73 Å². The minimum Gasteiger partial charge on any atom is -0.441 e. The smallest absolute Gasteiger partial charge is 0.198 e. The lowest BCUT2D eigenvalue weighted by molar-refractivity contribution is 0.0987. The maximum Gasteiger partial charge on any atom is 0.198 e. The van der Waals surface area contributed by atoms with Crippen LogP contribution in [0, 0.1) is 0 Å². The molecule has 1 N–H and O–H groups in total. The van der Waals surface area contributed by atoms with Gasteiger partial charge in [0.1, 0.15) is 0 Å². The number of carbonyl (C=O) groups is 1. The Balaban J connectivity index is 2.05. The Bertz CT molecular complexity index is 383. The lowest BCUT2D eigenvalue weighted by Crippen LogP contribution is -2.42. The zero-order chi connectivity index (χ0) is 11.5.